The van der Waals surface area contributed by atoms with E-state index in [2.05, 4.69) is 4.74 Å². The fourth-order valence-electron chi connectivity index (χ4n) is 2.02. The molecule has 2 unspecified atom stereocenters. The summed E-state index contributed by atoms with van der Waals surface area (Å²) in [6, 6.07) is 2.77. The molecule has 0 heterocycles. The van der Waals surface area contributed by atoms with Crippen LogP contribution in [0.2, 0.25) is 0 Å². The molecular weight excluding hydrogens is 335 g/mol. The number of hydrogen-bond acceptors (Lipinski definition) is 4. The van der Waals surface area contributed by atoms with E-state index in [0.29, 0.717) is 0 Å². The van der Waals surface area contributed by atoms with Gasteiger partial charge in [-0.1, -0.05) is 24.6 Å². The molecule has 0 bridgehead atoms. The molecule has 0 amide bonds. The van der Waals surface area contributed by atoms with E-state index in [1.54, 1.807) is 11.6 Å². The van der Waals surface area contributed by atoms with Crippen LogP contribution in [0.15, 0.2) is 29.2 Å². The number of ether oxygens (including phenoxy) is 1. The lowest BCUT2D eigenvalue weighted by Gasteiger charge is -2.27. The summed E-state index contributed by atoms with van der Waals surface area (Å²) in [5.74, 6) is -2.79. The van der Waals surface area contributed by atoms with Crippen LogP contribution < -0.4 is 4.72 Å². The molecule has 23 heavy (non-hydrogen) atoms. The lowest BCUT2D eigenvalue weighted by Crippen LogP contribution is -2.52. The average Bonchev–Trinajstić information content (AvgIpc) is 2.46. The van der Waals surface area contributed by atoms with Gasteiger partial charge in [0.15, 0.2) is 0 Å². The van der Waals surface area contributed by atoms with Crippen molar-refractivity contribution in [2.24, 2.45) is 5.92 Å². The normalized spacial score (nSPS) is 15.0. The Balaban J connectivity index is 3.19. The number of nitrogens with one attached hydrogen (secondary N) is 1. The van der Waals surface area contributed by atoms with Crippen LogP contribution >= 0.6 is 0 Å². The molecule has 0 aliphatic carbocycles. The van der Waals surface area contributed by atoms with Crippen molar-refractivity contribution in [3.63, 3.8) is 0 Å². The third-order valence-electron chi connectivity index (χ3n) is 3.31. The smallest absolute Gasteiger partial charge is 0.405 e. The van der Waals surface area contributed by atoms with Crippen molar-refractivity contribution in [1.29, 1.82) is 0 Å². The maximum atomic E-state index is 13.2. The van der Waals surface area contributed by atoms with E-state index in [0.717, 1.165) is 12.7 Å². The highest BCUT2D eigenvalue weighted by atomic mass is 32.2. The van der Waals surface area contributed by atoms with Crippen molar-refractivity contribution in [2.75, 3.05) is 7.11 Å². The Morgan fingerprint density at radius 2 is 1.78 bits per heavy atom. The van der Waals surface area contributed by atoms with Crippen molar-refractivity contribution in [3.8, 4) is 0 Å². The molecule has 2 atom stereocenters. The molecule has 0 saturated heterocycles. The Morgan fingerprint density at radius 3 is 2.17 bits per heavy atom. The number of halogens is 3. The quantitative estimate of drug-likeness (QED) is 0.797. The summed E-state index contributed by atoms with van der Waals surface area (Å²) in [6.07, 6.45) is -5.17. The van der Waals surface area contributed by atoms with E-state index >= 15 is 0 Å². The maximum Gasteiger partial charge on any atom is 0.405 e. The van der Waals surface area contributed by atoms with Gasteiger partial charge in [0, 0.05) is 0 Å². The van der Waals surface area contributed by atoms with Gasteiger partial charge in [-0.15, -0.1) is 0 Å². The summed E-state index contributed by atoms with van der Waals surface area (Å²) in [4.78, 5) is 11.2. The molecular formula is C14H18F3NO4S. The molecule has 0 aromatic heterocycles. The SMILES string of the molecule is CCC(C(=O)OC)C(NS(=O)(=O)c1ccc(C)cc1)C(F)(F)F. The van der Waals surface area contributed by atoms with Crippen LogP contribution in [0.4, 0.5) is 13.2 Å². The average molecular weight is 353 g/mol. The molecule has 0 aliphatic rings. The topological polar surface area (TPSA) is 72.5 Å². The Kier molecular flexibility index (Phi) is 6.18. The number of benzene rings is 1. The lowest BCUT2D eigenvalue weighted by atomic mass is 9.97. The minimum Gasteiger partial charge on any atom is -0.469 e. The molecule has 0 fully saturated rings. The van der Waals surface area contributed by atoms with Gasteiger partial charge in [0.1, 0.15) is 6.04 Å². The number of methoxy groups -OCH3 is 1. The van der Waals surface area contributed by atoms with Gasteiger partial charge >= 0.3 is 12.1 Å². The van der Waals surface area contributed by atoms with Crippen molar-refractivity contribution < 1.29 is 31.1 Å². The largest absolute Gasteiger partial charge is 0.469 e. The zero-order valence-electron chi connectivity index (χ0n) is 12.8. The first-order chi connectivity index (χ1) is 10.5. The van der Waals surface area contributed by atoms with Gasteiger partial charge in [-0.2, -0.15) is 17.9 Å². The molecule has 9 heteroatoms. The first-order valence-electron chi connectivity index (χ1n) is 6.76. The van der Waals surface area contributed by atoms with E-state index in [9.17, 15) is 26.4 Å². The van der Waals surface area contributed by atoms with Crippen LogP contribution in [0.1, 0.15) is 18.9 Å². The Labute approximate surface area is 132 Å². The molecule has 1 rings (SSSR count). The van der Waals surface area contributed by atoms with Crippen molar-refractivity contribution in [3.05, 3.63) is 29.8 Å². The van der Waals surface area contributed by atoms with Gasteiger partial charge in [0.25, 0.3) is 0 Å². The molecule has 0 aliphatic heterocycles. The number of carbonyl (C=O) groups excluding carboxylic acids is 1. The summed E-state index contributed by atoms with van der Waals surface area (Å²) in [5.41, 5.74) is 0.761. The highest BCUT2D eigenvalue weighted by Gasteiger charge is 2.49. The first-order valence-corrected chi connectivity index (χ1v) is 8.24. The Bertz CT molecular complexity index is 641. The number of hydrogen-bond donors (Lipinski definition) is 1. The van der Waals surface area contributed by atoms with Gasteiger partial charge in [-0.25, -0.2) is 8.42 Å². The summed E-state index contributed by atoms with van der Waals surface area (Å²) in [5, 5.41) is 0. The molecule has 0 radical (unpaired) electrons. The van der Waals surface area contributed by atoms with Crippen molar-refractivity contribution in [1.82, 2.24) is 4.72 Å². The van der Waals surface area contributed by atoms with E-state index < -0.39 is 34.1 Å². The predicted octanol–water partition coefficient (Wildman–Crippen LogP) is 2.40. The van der Waals surface area contributed by atoms with Gasteiger partial charge in [-0.05, 0) is 25.5 Å². The fraction of sp³-hybridized carbons (Fsp3) is 0.500. The predicted molar refractivity (Wildman–Crippen MR) is 77.1 cm³/mol. The Hall–Kier alpha value is -1.61. The summed E-state index contributed by atoms with van der Waals surface area (Å²) in [7, 11) is -3.48. The molecule has 1 N–H and O–H groups in total. The second-order valence-corrected chi connectivity index (χ2v) is 6.71. The fourth-order valence-corrected chi connectivity index (χ4v) is 3.28. The molecule has 1 aromatic carbocycles. The van der Waals surface area contributed by atoms with Crippen LogP contribution in [0.25, 0.3) is 0 Å². The zero-order valence-corrected chi connectivity index (χ0v) is 13.7. The van der Waals surface area contributed by atoms with Crippen LogP contribution in [0, 0.1) is 12.8 Å². The lowest BCUT2D eigenvalue weighted by molar-refractivity contribution is -0.177. The van der Waals surface area contributed by atoms with Crippen LogP contribution in [0.5, 0.6) is 0 Å². The number of rotatable bonds is 6. The molecule has 0 spiro atoms. The standard InChI is InChI=1S/C14H18F3NO4S/c1-4-11(13(19)22-3)12(14(15,16)17)18-23(20,21)10-7-5-9(2)6-8-10/h5-8,11-12,18H,4H2,1-3H3. The Morgan fingerprint density at radius 1 is 1.26 bits per heavy atom. The van der Waals surface area contributed by atoms with Gasteiger partial charge in [0.2, 0.25) is 10.0 Å². The van der Waals surface area contributed by atoms with Crippen molar-refractivity contribution >= 4 is 16.0 Å². The van der Waals surface area contributed by atoms with Crippen LogP contribution in [-0.4, -0.2) is 33.7 Å². The zero-order chi connectivity index (χ0) is 17.8. The van der Waals surface area contributed by atoms with E-state index in [1.165, 1.54) is 31.2 Å². The number of esters is 1. The minimum atomic E-state index is -4.94. The number of sulfonamides is 1. The number of carbonyl (C=O) groups is 1. The van der Waals surface area contributed by atoms with Gasteiger partial charge < -0.3 is 4.74 Å². The second kappa shape index (κ2) is 7.31. The summed E-state index contributed by atoms with van der Waals surface area (Å²) < 4.78 is 69.9. The third kappa shape index (κ3) is 4.93. The molecule has 1 aromatic rings. The summed E-state index contributed by atoms with van der Waals surface area (Å²) >= 11 is 0. The molecule has 0 saturated carbocycles. The monoisotopic (exact) mass is 353 g/mol. The first kappa shape index (κ1) is 19.4. The highest BCUT2D eigenvalue weighted by molar-refractivity contribution is 7.89. The van der Waals surface area contributed by atoms with E-state index in [4.69, 9.17) is 0 Å². The molecule has 5 nitrogen and oxygen atoms in total. The molecule has 130 valence electrons. The number of aryl methyl sites for hydroxylation is 1. The van der Waals surface area contributed by atoms with Gasteiger partial charge in [0.05, 0.1) is 17.9 Å². The maximum absolute atomic E-state index is 13.2. The van der Waals surface area contributed by atoms with E-state index in [-0.39, 0.29) is 11.3 Å². The third-order valence-corrected chi connectivity index (χ3v) is 4.77. The van der Waals surface area contributed by atoms with Crippen LogP contribution in [-0.2, 0) is 19.6 Å². The van der Waals surface area contributed by atoms with Crippen LogP contribution in [0.3, 0.4) is 0 Å². The number of alkyl halides is 3. The minimum absolute atomic E-state index is 0.229. The second-order valence-electron chi connectivity index (χ2n) is 4.99. The van der Waals surface area contributed by atoms with Gasteiger partial charge in [-0.3, -0.25) is 4.79 Å². The summed E-state index contributed by atoms with van der Waals surface area (Å²) in [6.45, 7) is 3.06. The van der Waals surface area contributed by atoms with Crippen molar-refractivity contribution in [2.45, 2.75) is 37.4 Å². The highest BCUT2D eigenvalue weighted by Crippen LogP contribution is 2.29. The van der Waals surface area contributed by atoms with E-state index in [1.807, 2.05) is 0 Å².